The highest BCUT2D eigenvalue weighted by Gasteiger charge is 2.11. The van der Waals surface area contributed by atoms with Crippen molar-refractivity contribution in [2.24, 2.45) is 0 Å². The largest absolute Gasteiger partial charge is 0.505 e. The normalized spacial score (nSPS) is 12.4. The summed E-state index contributed by atoms with van der Waals surface area (Å²) in [6.45, 7) is 2.03. The van der Waals surface area contributed by atoms with Crippen LogP contribution in [-0.2, 0) is 6.54 Å². The van der Waals surface area contributed by atoms with Crippen LogP contribution in [0.4, 0.5) is 13.2 Å². The fraction of sp³-hybridized carbons (Fsp3) is 0.200. The van der Waals surface area contributed by atoms with Crippen LogP contribution in [0.3, 0.4) is 0 Å². The van der Waals surface area contributed by atoms with Gasteiger partial charge >= 0.3 is 0 Å². The Hall–Kier alpha value is -2.01. The van der Waals surface area contributed by atoms with Crippen LogP contribution < -0.4 is 5.32 Å². The Morgan fingerprint density at radius 2 is 1.80 bits per heavy atom. The number of hydrogen-bond acceptors (Lipinski definition) is 2. The van der Waals surface area contributed by atoms with Gasteiger partial charge in [0.2, 0.25) is 0 Å². The number of halogens is 3. The van der Waals surface area contributed by atoms with Gasteiger partial charge in [-0.1, -0.05) is 12.1 Å². The molecule has 0 radical (unpaired) electrons. The zero-order valence-corrected chi connectivity index (χ0v) is 10.8. The smallest absolute Gasteiger partial charge is 0.165 e. The number of phenolic OH excluding ortho intramolecular Hbond substituents is 1. The molecule has 106 valence electrons. The second-order valence-electron chi connectivity index (χ2n) is 4.55. The summed E-state index contributed by atoms with van der Waals surface area (Å²) in [6.07, 6.45) is 0. The van der Waals surface area contributed by atoms with Gasteiger partial charge in [-0.15, -0.1) is 0 Å². The van der Waals surface area contributed by atoms with Gasteiger partial charge in [-0.05, 0) is 30.7 Å². The van der Waals surface area contributed by atoms with Crippen molar-refractivity contribution in [2.45, 2.75) is 19.5 Å². The highest BCUT2D eigenvalue weighted by Crippen LogP contribution is 2.20. The molecule has 0 amide bonds. The van der Waals surface area contributed by atoms with Crippen LogP contribution in [0, 0.1) is 17.5 Å². The van der Waals surface area contributed by atoms with Gasteiger partial charge in [0.25, 0.3) is 0 Å². The van der Waals surface area contributed by atoms with E-state index in [1.807, 2.05) is 0 Å². The first-order valence-electron chi connectivity index (χ1n) is 6.13. The van der Waals surface area contributed by atoms with Crippen LogP contribution in [0.5, 0.6) is 5.75 Å². The number of aromatic hydroxyl groups is 1. The highest BCUT2D eigenvalue weighted by atomic mass is 19.1. The molecule has 2 rings (SSSR count). The predicted molar refractivity (Wildman–Crippen MR) is 69.7 cm³/mol. The van der Waals surface area contributed by atoms with E-state index in [2.05, 4.69) is 5.32 Å². The number of phenols is 1. The molecule has 0 aliphatic carbocycles. The highest BCUT2D eigenvalue weighted by molar-refractivity contribution is 5.28. The molecule has 1 atom stereocenters. The maximum absolute atomic E-state index is 13.6. The first-order valence-corrected chi connectivity index (χ1v) is 6.13. The minimum absolute atomic E-state index is 0.301. The maximum atomic E-state index is 13.6. The minimum Gasteiger partial charge on any atom is -0.505 e. The van der Waals surface area contributed by atoms with E-state index in [9.17, 15) is 13.2 Å². The van der Waals surface area contributed by atoms with Crippen molar-refractivity contribution in [3.05, 3.63) is 65.0 Å². The molecule has 0 saturated carbocycles. The molecule has 0 fully saturated rings. The van der Waals surface area contributed by atoms with Crippen LogP contribution in [0.1, 0.15) is 24.1 Å². The van der Waals surface area contributed by atoms with Gasteiger partial charge in [-0.2, -0.15) is 0 Å². The van der Waals surface area contributed by atoms with Crippen molar-refractivity contribution in [2.75, 3.05) is 0 Å². The van der Waals surface area contributed by atoms with E-state index in [-0.39, 0.29) is 6.04 Å². The molecule has 0 aromatic heterocycles. The fourth-order valence-electron chi connectivity index (χ4n) is 1.89. The molecule has 20 heavy (non-hydrogen) atoms. The molecule has 2 N–H and O–H groups in total. The topological polar surface area (TPSA) is 32.3 Å². The van der Waals surface area contributed by atoms with Crippen molar-refractivity contribution >= 4 is 0 Å². The lowest BCUT2D eigenvalue weighted by Crippen LogP contribution is -2.19. The van der Waals surface area contributed by atoms with E-state index < -0.39 is 23.2 Å². The quantitative estimate of drug-likeness (QED) is 0.896. The van der Waals surface area contributed by atoms with Crippen molar-refractivity contribution in [3.8, 4) is 5.75 Å². The minimum atomic E-state index is -0.704. The monoisotopic (exact) mass is 281 g/mol. The standard InChI is InChI=1S/C15H14F3NO/c1-9(12-4-3-11(16)7-13(12)17)19-8-10-2-5-15(20)14(18)6-10/h2-7,9,19-20H,8H2,1H3. The summed E-state index contributed by atoms with van der Waals surface area (Å²) in [4.78, 5) is 0. The van der Waals surface area contributed by atoms with Gasteiger partial charge in [0.1, 0.15) is 11.6 Å². The van der Waals surface area contributed by atoms with Gasteiger partial charge < -0.3 is 10.4 Å². The molecule has 0 heterocycles. The van der Waals surface area contributed by atoms with Crippen LogP contribution in [0.15, 0.2) is 36.4 Å². The van der Waals surface area contributed by atoms with E-state index in [0.717, 1.165) is 6.07 Å². The Morgan fingerprint density at radius 3 is 2.45 bits per heavy atom. The van der Waals surface area contributed by atoms with E-state index in [0.29, 0.717) is 17.7 Å². The summed E-state index contributed by atoms with van der Waals surface area (Å²) >= 11 is 0. The van der Waals surface area contributed by atoms with Gasteiger partial charge in [-0.25, -0.2) is 13.2 Å². The summed E-state index contributed by atoms with van der Waals surface area (Å²) in [5.74, 6) is -2.36. The predicted octanol–water partition coefficient (Wildman–Crippen LogP) is 3.66. The molecule has 2 aromatic carbocycles. The van der Waals surface area contributed by atoms with Crippen LogP contribution in [0.25, 0.3) is 0 Å². The molecule has 0 aliphatic heterocycles. The van der Waals surface area contributed by atoms with Crippen LogP contribution >= 0.6 is 0 Å². The maximum Gasteiger partial charge on any atom is 0.165 e. The van der Waals surface area contributed by atoms with Gasteiger partial charge in [0, 0.05) is 24.2 Å². The summed E-state index contributed by atoms with van der Waals surface area (Å²) in [5, 5.41) is 12.1. The number of benzene rings is 2. The summed E-state index contributed by atoms with van der Waals surface area (Å²) in [6, 6.07) is 7.07. The molecule has 5 heteroatoms. The zero-order valence-electron chi connectivity index (χ0n) is 10.8. The van der Waals surface area contributed by atoms with Crippen molar-refractivity contribution in [3.63, 3.8) is 0 Å². The van der Waals surface area contributed by atoms with Crippen molar-refractivity contribution in [1.29, 1.82) is 0 Å². The molecule has 1 unspecified atom stereocenters. The SMILES string of the molecule is CC(NCc1ccc(O)c(F)c1)c1ccc(F)cc1F. The summed E-state index contributed by atoms with van der Waals surface area (Å²) in [7, 11) is 0. The molecule has 0 bridgehead atoms. The third-order valence-corrected chi connectivity index (χ3v) is 3.05. The second kappa shape index (κ2) is 5.96. The van der Waals surface area contributed by atoms with Crippen molar-refractivity contribution in [1.82, 2.24) is 5.32 Å². The Kier molecular flexibility index (Phi) is 4.29. The molecular weight excluding hydrogens is 267 g/mol. The number of rotatable bonds is 4. The molecule has 2 nitrogen and oxygen atoms in total. The van der Waals surface area contributed by atoms with E-state index in [1.165, 1.54) is 24.3 Å². The van der Waals surface area contributed by atoms with Gasteiger partial charge in [0.15, 0.2) is 11.6 Å². The third kappa shape index (κ3) is 3.30. The van der Waals surface area contributed by atoms with Crippen LogP contribution in [-0.4, -0.2) is 5.11 Å². The van der Waals surface area contributed by atoms with Crippen molar-refractivity contribution < 1.29 is 18.3 Å². The lowest BCUT2D eigenvalue weighted by atomic mass is 10.1. The molecular formula is C15H14F3NO. The first-order chi connectivity index (χ1) is 9.47. The van der Waals surface area contributed by atoms with E-state index >= 15 is 0 Å². The fourth-order valence-corrected chi connectivity index (χ4v) is 1.89. The summed E-state index contributed by atoms with van der Waals surface area (Å²) in [5.41, 5.74) is 0.959. The molecule has 2 aromatic rings. The van der Waals surface area contributed by atoms with Gasteiger partial charge in [0.05, 0.1) is 0 Å². The zero-order chi connectivity index (χ0) is 14.7. The lowest BCUT2D eigenvalue weighted by molar-refractivity contribution is 0.431. The first kappa shape index (κ1) is 14.4. The Labute approximate surface area is 114 Å². The van der Waals surface area contributed by atoms with E-state index in [1.54, 1.807) is 13.0 Å². The Morgan fingerprint density at radius 1 is 1.05 bits per heavy atom. The average Bonchev–Trinajstić information content (AvgIpc) is 2.40. The Balaban J connectivity index is 2.04. The van der Waals surface area contributed by atoms with E-state index in [4.69, 9.17) is 5.11 Å². The molecule has 0 spiro atoms. The second-order valence-corrected chi connectivity index (χ2v) is 4.55. The molecule has 0 aliphatic rings. The lowest BCUT2D eigenvalue weighted by Gasteiger charge is -2.15. The average molecular weight is 281 g/mol. The molecule has 0 saturated heterocycles. The summed E-state index contributed by atoms with van der Waals surface area (Å²) < 4.78 is 39.5. The van der Waals surface area contributed by atoms with Gasteiger partial charge in [-0.3, -0.25) is 0 Å². The number of nitrogens with one attached hydrogen (secondary N) is 1. The Bertz CT molecular complexity index is 616. The van der Waals surface area contributed by atoms with Crippen LogP contribution in [0.2, 0.25) is 0 Å². The number of hydrogen-bond donors (Lipinski definition) is 2. The third-order valence-electron chi connectivity index (χ3n) is 3.05.